The van der Waals surface area contributed by atoms with E-state index in [1.165, 1.54) is 18.2 Å². The summed E-state index contributed by atoms with van der Waals surface area (Å²) in [6.07, 6.45) is -4.84. The maximum atomic E-state index is 12.3. The molecule has 1 heterocycles. The molecule has 2 N–H and O–H groups in total. The number of carbonyl (C=O) groups is 1. The largest absolute Gasteiger partial charge is 0.573 e. The van der Waals surface area contributed by atoms with Crippen molar-refractivity contribution in [3.63, 3.8) is 0 Å². The maximum Gasteiger partial charge on any atom is 0.573 e. The first kappa shape index (κ1) is 15.0. The Morgan fingerprint density at radius 1 is 1.29 bits per heavy atom. The molecule has 2 aromatic rings. The average Bonchev–Trinajstić information content (AvgIpc) is 2.88. The van der Waals surface area contributed by atoms with Gasteiger partial charge in [0, 0.05) is 7.05 Å². The van der Waals surface area contributed by atoms with Gasteiger partial charge in [-0.15, -0.1) is 23.4 Å². The predicted octanol–water partition coefficient (Wildman–Crippen LogP) is 2.73. The molecule has 1 aromatic carbocycles. The van der Waals surface area contributed by atoms with Crippen LogP contribution < -0.4 is 15.4 Å². The third-order valence-electron chi connectivity index (χ3n) is 2.19. The normalized spacial score (nSPS) is 11.0. The first-order valence-corrected chi connectivity index (χ1v) is 6.38. The topological polar surface area (TPSA) is 76.1 Å². The number of alkyl halides is 3. The summed E-state index contributed by atoms with van der Waals surface area (Å²) in [5, 5.41) is 12.7. The number of aromatic nitrogens is 2. The number of benzene rings is 1. The van der Waals surface area contributed by atoms with E-state index in [4.69, 9.17) is 0 Å². The van der Waals surface area contributed by atoms with E-state index in [2.05, 4.69) is 25.6 Å². The van der Waals surface area contributed by atoms with Crippen LogP contribution in [-0.2, 0) is 0 Å². The van der Waals surface area contributed by atoms with E-state index < -0.39 is 18.0 Å². The van der Waals surface area contributed by atoms with Gasteiger partial charge in [0.05, 0.1) is 5.69 Å². The molecule has 6 nitrogen and oxygen atoms in total. The minimum atomic E-state index is -4.84. The van der Waals surface area contributed by atoms with E-state index >= 15 is 0 Å². The van der Waals surface area contributed by atoms with Gasteiger partial charge in [-0.2, -0.15) is 0 Å². The van der Waals surface area contributed by atoms with Gasteiger partial charge in [-0.05, 0) is 12.1 Å². The highest BCUT2D eigenvalue weighted by Gasteiger charge is 2.32. The first-order valence-electron chi connectivity index (χ1n) is 5.56. The highest BCUT2D eigenvalue weighted by Crippen LogP contribution is 2.30. The van der Waals surface area contributed by atoms with E-state index in [9.17, 15) is 18.0 Å². The van der Waals surface area contributed by atoms with Crippen LogP contribution in [0.1, 0.15) is 9.80 Å². The molecule has 0 spiro atoms. The summed E-state index contributed by atoms with van der Waals surface area (Å²) in [6, 6.07) is 5.22. The molecule has 0 atom stereocenters. The molecule has 0 aliphatic carbocycles. The van der Waals surface area contributed by atoms with Gasteiger partial charge in [0.2, 0.25) is 10.1 Å². The van der Waals surface area contributed by atoms with Gasteiger partial charge in [0.1, 0.15) is 0 Å². The number of ether oxygens (including phenoxy) is 1. The molecule has 21 heavy (non-hydrogen) atoms. The van der Waals surface area contributed by atoms with Crippen molar-refractivity contribution in [1.82, 2.24) is 10.2 Å². The Morgan fingerprint density at radius 3 is 2.62 bits per heavy atom. The van der Waals surface area contributed by atoms with E-state index in [-0.39, 0.29) is 10.7 Å². The van der Waals surface area contributed by atoms with Crippen molar-refractivity contribution < 1.29 is 22.7 Å². The van der Waals surface area contributed by atoms with Crippen LogP contribution in [0.5, 0.6) is 5.75 Å². The molecule has 0 saturated carbocycles. The molecular weight excluding hydrogens is 309 g/mol. The zero-order valence-electron chi connectivity index (χ0n) is 10.6. The molecular formula is C11H9F3N4O2S. The van der Waals surface area contributed by atoms with Crippen LogP contribution in [0.4, 0.5) is 24.0 Å². The number of amides is 1. The van der Waals surface area contributed by atoms with E-state index in [1.807, 2.05) is 0 Å². The molecule has 112 valence electrons. The number of hydrogen-bond donors (Lipinski definition) is 2. The molecule has 0 saturated heterocycles. The van der Waals surface area contributed by atoms with Crippen LogP contribution in [0.25, 0.3) is 0 Å². The third-order valence-corrected chi connectivity index (χ3v) is 3.13. The van der Waals surface area contributed by atoms with Gasteiger partial charge < -0.3 is 15.4 Å². The van der Waals surface area contributed by atoms with Crippen LogP contribution in [0, 0.1) is 0 Å². The lowest BCUT2D eigenvalue weighted by Gasteiger charge is -2.13. The second kappa shape index (κ2) is 5.95. The second-order valence-electron chi connectivity index (χ2n) is 3.66. The Kier molecular flexibility index (Phi) is 4.26. The van der Waals surface area contributed by atoms with Gasteiger partial charge in [0.15, 0.2) is 5.75 Å². The number of nitrogens with one attached hydrogen (secondary N) is 2. The predicted molar refractivity (Wildman–Crippen MR) is 70.5 cm³/mol. The monoisotopic (exact) mass is 318 g/mol. The van der Waals surface area contributed by atoms with Gasteiger partial charge in [-0.3, -0.25) is 4.79 Å². The van der Waals surface area contributed by atoms with Gasteiger partial charge in [0.25, 0.3) is 5.91 Å². The van der Waals surface area contributed by atoms with Crippen LogP contribution in [0.2, 0.25) is 0 Å². The molecule has 1 aromatic heterocycles. The van der Waals surface area contributed by atoms with Crippen molar-refractivity contribution in [2.75, 3.05) is 17.7 Å². The minimum absolute atomic E-state index is 0.0150. The fraction of sp³-hybridized carbons (Fsp3) is 0.182. The Hall–Kier alpha value is -2.36. The van der Waals surface area contributed by atoms with Crippen LogP contribution in [0.3, 0.4) is 0 Å². The zero-order valence-corrected chi connectivity index (χ0v) is 11.4. The molecule has 0 fully saturated rings. The molecule has 1 amide bonds. The summed E-state index contributed by atoms with van der Waals surface area (Å²) in [5.74, 6) is -1.18. The third kappa shape index (κ3) is 4.05. The van der Waals surface area contributed by atoms with Gasteiger partial charge in [-0.25, -0.2) is 0 Å². The molecule has 0 unspecified atom stereocenters. The summed E-state index contributed by atoms with van der Waals surface area (Å²) >= 11 is 0.971. The van der Waals surface area contributed by atoms with Crippen molar-refractivity contribution in [2.24, 2.45) is 0 Å². The molecule has 0 bridgehead atoms. The van der Waals surface area contributed by atoms with Crippen LogP contribution in [0.15, 0.2) is 24.3 Å². The number of hydrogen-bond acceptors (Lipinski definition) is 6. The smallest absolute Gasteiger partial charge is 0.404 e. The van der Waals surface area contributed by atoms with Crippen molar-refractivity contribution >= 4 is 28.1 Å². The maximum absolute atomic E-state index is 12.3. The molecule has 0 aliphatic rings. The first-order chi connectivity index (χ1) is 9.89. The Bertz CT molecular complexity index is 644. The summed E-state index contributed by atoms with van der Waals surface area (Å²) in [7, 11) is 1.61. The molecule has 10 heteroatoms. The number of nitrogens with zero attached hydrogens (tertiary/aromatic N) is 2. The Balaban J connectivity index is 2.17. The van der Waals surface area contributed by atoms with Crippen molar-refractivity contribution in [3.05, 3.63) is 29.3 Å². The fourth-order valence-electron chi connectivity index (χ4n) is 1.38. The average molecular weight is 318 g/mol. The number of carbonyl (C=O) groups excluding carboxylic acids is 1. The highest BCUT2D eigenvalue weighted by molar-refractivity contribution is 7.17. The van der Waals surface area contributed by atoms with E-state index in [1.54, 1.807) is 7.05 Å². The van der Waals surface area contributed by atoms with E-state index in [0.29, 0.717) is 5.13 Å². The number of halogens is 3. The lowest BCUT2D eigenvalue weighted by atomic mass is 10.3. The summed E-state index contributed by atoms with van der Waals surface area (Å²) in [6.45, 7) is 0. The van der Waals surface area contributed by atoms with Crippen molar-refractivity contribution in [2.45, 2.75) is 6.36 Å². The SMILES string of the molecule is CNc1nnc(C(=O)Nc2ccccc2OC(F)(F)F)s1. The van der Waals surface area contributed by atoms with Crippen LogP contribution >= 0.6 is 11.3 Å². The molecule has 0 radical (unpaired) electrons. The lowest BCUT2D eigenvalue weighted by Crippen LogP contribution is -2.19. The quantitative estimate of drug-likeness (QED) is 0.906. The summed E-state index contributed by atoms with van der Waals surface area (Å²) < 4.78 is 40.6. The lowest BCUT2D eigenvalue weighted by molar-refractivity contribution is -0.274. The minimum Gasteiger partial charge on any atom is -0.404 e. The van der Waals surface area contributed by atoms with Crippen molar-refractivity contribution in [3.8, 4) is 5.75 Å². The van der Waals surface area contributed by atoms with Gasteiger partial charge in [-0.1, -0.05) is 23.5 Å². The summed E-state index contributed by atoms with van der Waals surface area (Å²) in [4.78, 5) is 11.9. The number of anilines is 2. The Morgan fingerprint density at radius 2 is 2.00 bits per heavy atom. The number of para-hydroxylation sites is 2. The second-order valence-corrected chi connectivity index (χ2v) is 4.64. The molecule has 2 rings (SSSR count). The van der Waals surface area contributed by atoms with Gasteiger partial charge >= 0.3 is 6.36 Å². The highest BCUT2D eigenvalue weighted by atomic mass is 32.1. The molecule has 0 aliphatic heterocycles. The van der Waals surface area contributed by atoms with Crippen molar-refractivity contribution in [1.29, 1.82) is 0 Å². The summed E-state index contributed by atoms with van der Waals surface area (Å²) in [5.41, 5.74) is -0.110. The standard InChI is InChI=1S/C11H9F3N4O2S/c1-15-10-18-17-9(21-10)8(19)16-6-4-2-3-5-7(6)20-11(12,13)14/h2-5H,1H3,(H,15,18)(H,16,19). The zero-order chi connectivity index (χ0) is 15.5. The fourth-order valence-corrected chi connectivity index (χ4v) is 1.97. The Labute approximate surface area is 121 Å². The van der Waals surface area contributed by atoms with E-state index in [0.717, 1.165) is 17.4 Å². The number of rotatable bonds is 4. The van der Waals surface area contributed by atoms with Crippen LogP contribution in [-0.4, -0.2) is 29.5 Å².